The number of nitrogens with one attached hydrogen (secondary N) is 1. The Morgan fingerprint density at radius 2 is 2.28 bits per heavy atom. The van der Waals surface area contributed by atoms with Crippen LogP contribution in [-0.4, -0.2) is 11.7 Å². The lowest BCUT2D eigenvalue weighted by atomic mass is 9.98. The number of halogens is 1. The number of phenols is 1. The van der Waals surface area contributed by atoms with Gasteiger partial charge in [0.2, 0.25) is 0 Å². The molecule has 0 heterocycles. The molecule has 1 rings (SSSR count). The monoisotopic (exact) mass is 359 g/mol. The number of hydrogen-bond donors (Lipinski definition) is 2. The van der Waals surface area contributed by atoms with Crippen molar-refractivity contribution >= 4 is 22.6 Å². The van der Waals surface area contributed by atoms with Crippen LogP contribution < -0.4 is 5.32 Å². The van der Waals surface area contributed by atoms with Crippen LogP contribution in [0.2, 0.25) is 0 Å². The molecule has 0 fully saturated rings. The van der Waals surface area contributed by atoms with Crippen LogP contribution in [0.4, 0.5) is 0 Å². The van der Waals surface area contributed by atoms with Crippen molar-refractivity contribution in [3.05, 3.63) is 40.0 Å². The van der Waals surface area contributed by atoms with Gasteiger partial charge in [0.25, 0.3) is 0 Å². The summed E-state index contributed by atoms with van der Waals surface area (Å²) in [5.74, 6) is 1.10. The number of rotatable bonds is 8. The lowest BCUT2D eigenvalue weighted by Crippen LogP contribution is -2.17. The summed E-state index contributed by atoms with van der Waals surface area (Å²) in [6, 6.07) is 5.79. The third kappa shape index (κ3) is 5.40. The van der Waals surface area contributed by atoms with Gasteiger partial charge >= 0.3 is 0 Å². The minimum Gasteiger partial charge on any atom is -0.508 e. The fraction of sp³-hybridized carbons (Fsp3) is 0.467. The van der Waals surface area contributed by atoms with Gasteiger partial charge in [-0.1, -0.05) is 25.5 Å². The molecule has 0 aliphatic rings. The second kappa shape index (κ2) is 8.53. The Bertz CT molecular complexity index is 379. The summed E-state index contributed by atoms with van der Waals surface area (Å²) in [7, 11) is 0. The van der Waals surface area contributed by atoms with Crippen LogP contribution in [0.1, 0.15) is 31.7 Å². The van der Waals surface area contributed by atoms with Gasteiger partial charge in [-0.25, -0.2) is 0 Å². The van der Waals surface area contributed by atoms with E-state index in [1.165, 1.54) is 6.42 Å². The maximum atomic E-state index is 9.77. The SMILES string of the molecule is C=CCC(CC)CCNCc1ccc(I)cc1O. The molecule has 0 saturated carbocycles. The molecule has 2 N–H and O–H groups in total. The Balaban J connectivity index is 2.31. The maximum Gasteiger partial charge on any atom is 0.121 e. The number of phenolic OH excluding ortho intramolecular Hbond substituents is 1. The van der Waals surface area contributed by atoms with Crippen molar-refractivity contribution in [3.8, 4) is 5.75 Å². The minimum absolute atomic E-state index is 0.382. The van der Waals surface area contributed by atoms with Gasteiger partial charge in [-0.15, -0.1) is 6.58 Å². The maximum absolute atomic E-state index is 9.77. The van der Waals surface area contributed by atoms with Crippen LogP contribution in [-0.2, 0) is 6.54 Å². The first-order chi connectivity index (χ1) is 8.67. The molecule has 0 aromatic heterocycles. The molecule has 0 aliphatic heterocycles. The first-order valence-corrected chi connectivity index (χ1v) is 7.54. The highest BCUT2D eigenvalue weighted by atomic mass is 127. The van der Waals surface area contributed by atoms with Gasteiger partial charge in [-0.05, 0) is 60.0 Å². The standard InChI is InChI=1S/C15H22INO/c1-3-5-12(4-2)8-9-17-11-13-6-7-14(16)10-15(13)18/h3,6-7,10,12,17-18H,1,4-5,8-9,11H2,2H3. The summed E-state index contributed by atoms with van der Waals surface area (Å²) in [4.78, 5) is 0. The highest BCUT2D eigenvalue weighted by molar-refractivity contribution is 14.1. The lowest BCUT2D eigenvalue weighted by molar-refractivity contribution is 0.445. The molecule has 1 aromatic carbocycles. The van der Waals surface area contributed by atoms with Crippen LogP contribution in [0.3, 0.4) is 0 Å². The predicted octanol–water partition coefficient (Wildman–Crippen LogP) is 4.08. The lowest BCUT2D eigenvalue weighted by Gasteiger charge is -2.13. The van der Waals surface area contributed by atoms with E-state index in [1.54, 1.807) is 6.07 Å². The highest BCUT2D eigenvalue weighted by Gasteiger charge is 2.04. The molecule has 1 unspecified atom stereocenters. The Morgan fingerprint density at radius 3 is 2.89 bits per heavy atom. The Kier molecular flexibility index (Phi) is 7.35. The zero-order valence-electron chi connectivity index (χ0n) is 11.0. The quantitative estimate of drug-likeness (QED) is 0.417. The van der Waals surface area contributed by atoms with Gasteiger partial charge in [0.05, 0.1) is 0 Å². The van der Waals surface area contributed by atoms with Gasteiger partial charge in [0.1, 0.15) is 5.75 Å². The van der Waals surface area contributed by atoms with E-state index in [1.807, 2.05) is 18.2 Å². The van der Waals surface area contributed by atoms with Crippen LogP contribution in [0, 0.1) is 9.49 Å². The zero-order chi connectivity index (χ0) is 13.4. The van der Waals surface area contributed by atoms with Crippen molar-refractivity contribution in [2.45, 2.75) is 32.7 Å². The molecule has 18 heavy (non-hydrogen) atoms. The van der Waals surface area contributed by atoms with E-state index in [2.05, 4.69) is 41.4 Å². The average Bonchev–Trinajstić information content (AvgIpc) is 2.35. The first kappa shape index (κ1) is 15.5. The number of benzene rings is 1. The number of hydrogen-bond acceptors (Lipinski definition) is 2. The predicted molar refractivity (Wildman–Crippen MR) is 85.7 cm³/mol. The first-order valence-electron chi connectivity index (χ1n) is 6.46. The molecule has 0 bridgehead atoms. The Labute approximate surface area is 124 Å². The Hall–Kier alpha value is -0.550. The van der Waals surface area contributed by atoms with Crippen molar-refractivity contribution < 1.29 is 5.11 Å². The second-order valence-corrected chi connectivity index (χ2v) is 5.78. The molecule has 0 radical (unpaired) electrons. The molecule has 0 saturated heterocycles. The highest BCUT2D eigenvalue weighted by Crippen LogP contribution is 2.20. The van der Waals surface area contributed by atoms with Crippen LogP contribution >= 0.6 is 22.6 Å². The van der Waals surface area contributed by atoms with Crippen LogP contribution in [0.15, 0.2) is 30.9 Å². The summed E-state index contributed by atoms with van der Waals surface area (Å²) < 4.78 is 1.06. The van der Waals surface area contributed by atoms with E-state index in [0.29, 0.717) is 5.75 Å². The molecule has 0 amide bonds. The molecular formula is C15H22INO. The summed E-state index contributed by atoms with van der Waals surface area (Å²) >= 11 is 2.20. The van der Waals surface area contributed by atoms with Crippen molar-refractivity contribution in [1.29, 1.82) is 0 Å². The summed E-state index contributed by atoms with van der Waals surface area (Å²) in [6.45, 7) is 7.72. The van der Waals surface area contributed by atoms with E-state index in [9.17, 15) is 5.11 Å². The zero-order valence-corrected chi connectivity index (χ0v) is 13.1. The van der Waals surface area contributed by atoms with E-state index in [4.69, 9.17) is 0 Å². The molecular weight excluding hydrogens is 337 g/mol. The van der Waals surface area contributed by atoms with E-state index in [-0.39, 0.29) is 0 Å². The molecule has 100 valence electrons. The van der Waals surface area contributed by atoms with Crippen LogP contribution in [0.25, 0.3) is 0 Å². The average molecular weight is 359 g/mol. The largest absolute Gasteiger partial charge is 0.508 e. The summed E-state index contributed by atoms with van der Waals surface area (Å²) in [6.07, 6.45) is 5.45. The van der Waals surface area contributed by atoms with Crippen molar-refractivity contribution in [2.75, 3.05) is 6.54 Å². The molecule has 0 spiro atoms. The van der Waals surface area contributed by atoms with Crippen molar-refractivity contribution in [1.82, 2.24) is 5.32 Å². The van der Waals surface area contributed by atoms with Crippen molar-refractivity contribution in [2.24, 2.45) is 5.92 Å². The second-order valence-electron chi connectivity index (χ2n) is 4.54. The van der Waals surface area contributed by atoms with Crippen molar-refractivity contribution in [3.63, 3.8) is 0 Å². The van der Waals surface area contributed by atoms with Crippen LogP contribution in [0.5, 0.6) is 5.75 Å². The summed E-state index contributed by atoms with van der Waals surface area (Å²) in [5, 5.41) is 13.2. The topological polar surface area (TPSA) is 32.3 Å². The summed E-state index contributed by atoms with van der Waals surface area (Å²) in [5.41, 5.74) is 0.965. The number of allylic oxidation sites excluding steroid dienone is 1. The molecule has 0 aliphatic carbocycles. The molecule has 1 atom stereocenters. The molecule has 2 nitrogen and oxygen atoms in total. The normalized spacial score (nSPS) is 12.3. The fourth-order valence-corrected chi connectivity index (χ4v) is 2.41. The van der Waals surface area contributed by atoms with Gasteiger partial charge in [-0.3, -0.25) is 0 Å². The third-order valence-electron chi connectivity index (χ3n) is 3.17. The van der Waals surface area contributed by atoms with E-state index in [0.717, 1.165) is 41.0 Å². The molecule has 1 aromatic rings. The third-order valence-corrected chi connectivity index (χ3v) is 3.84. The minimum atomic E-state index is 0.382. The van der Waals surface area contributed by atoms with Gasteiger partial charge in [-0.2, -0.15) is 0 Å². The van der Waals surface area contributed by atoms with Gasteiger partial charge in [0, 0.05) is 15.7 Å². The van der Waals surface area contributed by atoms with Gasteiger partial charge < -0.3 is 10.4 Å². The fourth-order valence-electron chi connectivity index (χ4n) is 1.94. The molecule has 3 heteroatoms. The number of aromatic hydroxyl groups is 1. The van der Waals surface area contributed by atoms with E-state index >= 15 is 0 Å². The van der Waals surface area contributed by atoms with E-state index < -0.39 is 0 Å². The Morgan fingerprint density at radius 1 is 1.50 bits per heavy atom. The van der Waals surface area contributed by atoms with Gasteiger partial charge in [0.15, 0.2) is 0 Å². The smallest absolute Gasteiger partial charge is 0.121 e.